The zero-order chi connectivity index (χ0) is 20.0. The average molecular weight is 456 g/mol. The number of benzene rings is 2. The minimum atomic E-state index is -3.97. The van der Waals surface area contributed by atoms with Crippen molar-refractivity contribution >= 4 is 37.6 Å². The van der Waals surface area contributed by atoms with Crippen molar-refractivity contribution in [3.8, 4) is 0 Å². The largest absolute Gasteiger partial charge is 0.462 e. The molecule has 6 nitrogen and oxygen atoms in total. The van der Waals surface area contributed by atoms with Crippen LogP contribution in [0.15, 0.2) is 57.9 Å². The van der Waals surface area contributed by atoms with Gasteiger partial charge in [0.1, 0.15) is 4.90 Å². The third kappa shape index (κ3) is 5.09. The maximum absolute atomic E-state index is 13.3. The first kappa shape index (κ1) is 21.4. The molecule has 146 valence electrons. The lowest BCUT2D eigenvalue weighted by atomic mass is 10.2. The predicted molar refractivity (Wildman–Crippen MR) is 107 cm³/mol. The molecule has 0 aliphatic rings. The first-order valence-electron chi connectivity index (χ1n) is 8.53. The topological polar surface area (TPSA) is 83.9 Å². The van der Waals surface area contributed by atoms with Crippen LogP contribution in [0.5, 0.6) is 0 Å². The number of aliphatic hydroxyl groups is 1. The number of carbonyl (C=O) groups excluding carboxylic acids is 1. The molecule has 0 heterocycles. The third-order valence-electron chi connectivity index (χ3n) is 3.90. The molecule has 0 aromatic heterocycles. The van der Waals surface area contributed by atoms with Crippen LogP contribution in [0.3, 0.4) is 0 Å². The van der Waals surface area contributed by atoms with Crippen molar-refractivity contribution < 1.29 is 23.1 Å². The minimum Gasteiger partial charge on any atom is -0.462 e. The number of rotatable bonds is 8. The van der Waals surface area contributed by atoms with Crippen LogP contribution in [0.2, 0.25) is 0 Å². The van der Waals surface area contributed by atoms with E-state index in [0.29, 0.717) is 12.1 Å². The van der Waals surface area contributed by atoms with E-state index < -0.39 is 22.1 Å². The van der Waals surface area contributed by atoms with Gasteiger partial charge in [0.25, 0.3) is 10.0 Å². The maximum atomic E-state index is 13.3. The highest BCUT2D eigenvalue weighted by molar-refractivity contribution is 9.10. The van der Waals surface area contributed by atoms with Crippen LogP contribution < -0.4 is 4.31 Å². The second-order valence-corrected chi connectivity index (χ2v) is 8.48. The van der Waals surface area contributed by atoms with Gasteiger partial charge in [0.2, 0.25) is 0 Å². The van der Waals surface area contributed by atoms with E-state index in [-0.39, 0.29) is 28.1 Å². The fraction of sp³-hybridized carbons (Fsp3) is 0.316. The molecule has 1 N–H and O–H groups in total. The summed E-state index contributed by atoms with van der Waals surface area (Å²) in [7, 11) is -3.97. The molecular weight excluding hydrogens is 434 g/mol. The Morgan fingerprint density at radius 2 is 1.85 bits per heavy atom. The van der Waals surface area contributed by atoms with Crippen molar-refractivity contribution in [1.82, 2.24) is 0 Å². The molecule has 27 heavy (non-hydrogen) atoms. The monoisotopic (exact) mass is 455 g/mol. The molecule has 1 atom stereocenters. The van der Waals surface area contributed by atoms with Gasteiger partial charge in [0.15, 0.2) is 0 Å². The number of sulfonamides is 1. The van der Waals surface area contributed by atoms with Crippen molar-refractivity contribution in [3.05, 3.63) is 58.6 Å². The quantitative estimate of drug-likeness (QED) is 0.614. The standard InChI is InChI=1S/C19H22BrNO5S/c1-3-16(22)13-21(15-8-6-5-7-9-15)27(24,25)18-11-10-14(12-17(18)20)19(23)26-4-2/h5-12,16,22H,3-4,13H2,1-2H3. The average Bonchev–Trinajstić information content (AvgIpc) is 2.66. The van der Waals surface area contributed by atoms with Crippen LogP contribution in [0.25, 0.3) is 0 Å². The summed E-state index contributed by atoms with van der Waals surface area (Å²) in [6.07, 6.45) is -0.389. The summed E-state index contributed by atoms with van der Waals surface area (Å²) < 4.78 is 32.9. The van der Waals surface area contributed by atoms with E-state index in [2.05, 4.69) is 15.9 Å². The molecule has 8 heteroatoms. The molecule has 2 aromatic rings. The first-order chi connectivity index (χ1) is 12.8. The van der Waals surface area contributed by atoms with Crippen molar-refractivity contribution in [2.24, 2.45) is 0 Å². The SMILES string of the molecule is CCOC(=O)c1ccc(S(=O)(=O)N(CC(O)CC)c2ccccc2)c(Br)c1. The lowest BCUT2D eigenvalue weighted by molar-refractivity contribution is 0.0526. The number of hydrogen-bond donors (Lipinski definition) is 1. The van der Waals surface area contributed by atoms with E-state index in [1.165, 1.54) is 22.5 Å². The van der Waals surface area contributed by atoms with E-state index in [0.717, 1.165) is 0 Å². The molecule has 2 aromatic carbocycles. The Morgan fingerprint density at radius 3 is 2.41 bits per heavy atom. The van der Waals surface area contributed by atoms with Gasteiger partial charge in [-0.15, -0.1) is 0 Å². The number of esters is 1. The molecule has 0 saturated carbocycles. The Bertz CT molecular complexity index is 886. The van der Waals surface area contributed by atoms with Crippen molar-refractivity contribution in [2.75, 3.05) is 17.5 Å². The maximum Gasteiger partial charge on any atom is 0.338 e. The van der Waals surface area contributed by atoms with Crippen molar-refractivity contribution in [3.63, 3.8) is 0 Å². The third-order valence-corrected chi connectivity index (χ3v) is 6.67. The molecule has 0 aliphatic carbocycles. The molecular formula is C19H22BrNO5S. The molecule has 0 spiro atoms. The summed E-state index contributed by atoms with van der Waals surface area (Å²) in [4.78, 5) is 11.9. The molecule has 0 amide bonds. The molecule has 0 radical (unpaired) electrons. The lowest BCUT2D eigenvalue weighted by Gasteiger charge is -2.27. The molecule has 0 saturated heterocycles. The number of nitrogens with zero attached hydrogens (tertiary/aromatic N) is 1. The second kappa shape index (κ2) is 9.34. The summed E-state index contributed by atoms with van der Waals surface area (Å²) in [5.41, 5.74) is 0.703. The van der Waals surface area contributed by atoms with Crippen LogP contribution in [0, 0.1) is 0 Å². The molecule has 0 aliphatic heterocycles. The highest BCUT2D eigenvalue weighted by atomic mass is 79.9. The summed E-state index contributed by atoms with van der Waals surface area (Å²) in [5.74, 6) is -0.525. The fourth-order valence-electron chi connectivity index (χ4n) is 2.43. The minimum absolute atomic E-state index is 0.00250. The Hall–Kier alpha value is -1.90. The van der Waals surface area contributed by atoms with E-state index in [1.807, 2.05) is 0 Å². The van der Waals surface area contributed by atoms with E-state index in [1.54, 1.807) is 44.2 Å². The van der Waals surface area contributed by atoms with Crippen molar-refractivity contribution in [2.45, 2.75) is 31.3 Å². The van der Waals surface area contributed by atoms with Crippen LogP contribution >= 0.6 is 15.9 Å². The van der Waals surface area contributed by atoms with Gasteiger partial charge in [-0.25, -0.2) is 13.2 Å². The number of para-hydroxylation sites is 1. The molecule has 0 fully saturated rings. The Balaban J connectivity index is 2.48. The summed E-state index contributed by atoms with van der Waals surface area (Å²) >= 11 is 3.25. The molecule has 0 bridgehead atoms. The van der Waals surface area contributed by atoms with E-state index >= 15 is 0 Å². The summed E-state index contributed by atoms with van der Waals surface area (Å²) in [5, 5.41) is 10.1. The van der Waals surface area contributed by atoms with Gasteiger partial charge >= 0.3 is 5.97 Å². The van der Waals surface area contributed by atoms with Gasteiger partial charge in [-0.2, -0.15) is 0 Å². The van der Waals surface area contributed by atoms with Gasteiger partial charge in [-0.3, -0.25) is 4.31 Å². The second-order valence-electron chi connectivity index (χ2n) is 5.80. The van der Waals surface area contributed by atoms with Gasteiger partial charge in [-0.1, -0.05) is 25.1 Å². The predicted octanol–water partition coefficient (Wildman–Crippen LogP) is 3.59. The van der Waals surface area contributed by atoms with E-state index in [9.17, 15) is 18.3 Å². The van der Waals surface area contributed by atoms with Crippen molar-refractivity contribution in [1.29, 1.82) is 0 Å². The van der Waals surface area contributed by atoms with Gasteiger partial charge in [0.05, 0.1) is 30.5 Å². The summed E-state index contributed by atoms with van der Waals surface area (Å²) in [6.45, 7) is 3.63. The summed E-state index contributed by atoms with van der Waals surface area (Å²) in [6, 6.07) is 12.8. The highest BCUT2D eigenvalue weighted by Crippen LogP contribution is 2.30. The van der Waals surface area contributed by atoms with Crippen LogP contribution in [-0.2, 0) is 14.8 Å². The number of anilines is 1. The van der Waals surface area contributed by atoms with Crippen LogP contribution in [0.4, 0.5) is 5.69 Å². The van der Waals surface area contributed by atoms with Crippen LogP contribution in [0.1, 0.15) is 30.6 Å². The number of halogens is 1. The Labute approximate surface area is 168 Å². The fourth-order valence-corrected chi connectivity index (χ4v) is 4.97. The van der Waals surface area contributed by atoms with Gasteiger partial charge in [0, 0.05) is 4.47 Å². The lowest BCUT2D eigenvalue weighted by Crippen LogP contribution is -2.37. The Morgan fingerprint density at radius 1 is 1.19 bits per heavy atom. The molecule has 2 rings (SSSR count). The highest BCUT2D eigenvalue weighted by Gasteiger charge is 2.29. The molecule has 1 unspecified atom stereocenters. The zero-order valence-electron chi connectivity index (χ0n) is 15.1. The first-order valence-corrected chi connectivity index (χ1v) is 10.8. The zero-order valence-corrected chi connectivity index (χ0v) is 17.5. The van der Waals surface area contributed by atoms with Gasteiger partial charge < -0.3 is 9.84 Å². The Kier molecular flexibility index (Phi) is 7.41. The normalized spacial score (nSPS) is 12.4. The number of hydrogen-bond acceptors (Lipinski definition) is 5. The smallest absolute Gasteiger partial charge is 0.338 e. The van der Waals surface area contributed by atoms with E-state index in [4.69, 9.17) is 4.74 Å². The number of carbonyl (C=O) groups is 1. The van der Waals surface area contributed by atoms with Gasteiger partial charge in [-0.05, 0) is 59.6 Å². The van der Waals surface area contributed by atoms with Crippen LogP contribution in [-0.4, -0.2) is 38.7 Å². The number of aliphatic hydroxyl groups excluding tert-OH is 1. The number of ether oxygens (including phenoxy) is 1.